The summed E-state index contributed by atoms with van der Waals surface area (Å²) >= 11 is 0. The fourth-order valence-electron chi connectivity index (χ4n) is 2.48. The van der Waals surface area contributed by atoms with Crippen molar-refractivity contribution in [3.8, 4) is 0 Å². The van der Waals surface area contributed by atoms with Gasteiger partial charge < -0.3 is 16.2 Å². The molecule has 2 aromatic heterocycles. The first-order valence-corrected chi connectivity index (χ1v) is 7.51. The lowest BCUT2D eigenvalue weighted by Gasteiger charge is -2.32. The molecule has 2 rings (SSSR count). The van der Waals surface area contributed by atoms with Gasteiger partial charge in [-0.25, -0.2) is 4.98 Å². The molecule has 2 heterocycles. The van der Waals surface area contributed by atoms with Gasteiger partial charge in [0.05, 0.1) is 5.52 Å². The Hall–Kier alpha value is -1.99. The molecule has 0 bridgehead atoms. The minimum atomic E-state index is -0.566. The lowest BCUT2D eigenvalue weighted by atomic mass is 9.95. The molecule has 22 heavy (non-hydrogen) atoms. The van der Waals surface area contributed by atoms with E-state index in [-0.39, 0.29) is 11.5 Å². The minimum absolute atomic E-state index is 0.213. The molecule has 0 saturated heterocycles. The van der Waals surface area contributed by atoms with E-state index >= 15 is 0 Å². The van der Waals surface area contributed by atoms with Crippen molar-refractivity contribution in [3.05, 3.63) is 18.3 Å². The van der Waals surface area contributed by atoms with Crippen LogP contribution in [0.25, 0.3) is 11.0 Å². The third kappa shape index (κ3) is 4.02. The predicted molar refractivity (Wildman–Crippen MR) is 88.4 cm³/mol. The number of hydrogen-bond acceptors (Lipinski definition) is 7. The van der Waals surface area contributed by atoms with Crippen molar-refractivity contribution >= 4 is 22.8 Å². The molecule has 0 amide bonds. The second kappa shape index (κ2) is 6.85. The zero-order valence-electron chi connectivity index (χ0n) is 13.3. The second-order valence-electron chi connectivity index (χ2n) is 5.79. The molecule has 7 nitrogen and oxygen atoms in total. The monoisotopic (exact) mass is 304 g/mol. The zero-order chi connectivity index (χ0) is 16.2. The number of nitrogens with two attached hydrogens (primary N) is 1. The van der Waals surface area contributed by atoms with E-state index < -0.39 is 6.23 Å². The first kappa shape index (κ1) is 16.4. The molecule has 0 fully saturated rings. The number of aromatic nitrogens is 3. The van der Waals surface area contributed by atoms with E-state index in [1.807, 2.05) is 12.1 Å². The van der Waals surface area contributed by atoms with Crippen molar-refractivity contribution in [1.82, 2.24) is 20.3 Å². The molecular weight excluding hydrogens is 280 g/mol. The van der Waals surface area contributed by atoms with Crippen LogP contribution in [-0.4, -0.2) is 38.4 Å². The van der Waals surface area contributed by atoms with Crippen LogP contribution in [0.1, 0.15) is 33.6 Å². The van der Waals surface area contributed by atoms with Crippen LogP contribution in [0.5, 0.6) is 0 Å². The van der Waals surface area contributed by atoms with Gasteiger partial charge in [-0.2, -0.15) is 4.98 Å². The summed E-state index contributed by atoms with van der Waals surface area (Å²) in [6, 6.07) is 3.68. The molecule has 7 heteroatoms. The number of anilines is 2. The third-order valence-electron chi connectivity index (χ3n) is 3.48. The summed E-state index contributed by atoms with van der Waals surface area (Å²) in [4.78, 5) is 12.8. The van der Waals surface area contributed by atoms with Crippen LogP contribution in [0.4, 0.5) is 11.8 Å². The van der Waals surface area contributed by atoms with Crippen LogP contribution in [0.15, 0.2) is 18.3 Å². The van der Waals surface area contributed by atoms with E-state index in [1.165, 1.54) is 0 Å². The Bertz CT molecular complexity index is 632. The number of aliphatic hydroxyl groups excluding tert-OH is 1. The van der Waals surface area contributed by atoms with Crippen molar-refractivity contribution in [2.75, 3.05) is 17.6 Å². The molecular formula is C15H24N6O. The Labute approximate surface area is 130 Å². The Morgan fingerprint density at radius 3 is 2.86 bits per heavy atom. The molecule has 0 saturated carbocycles. The van der Waals surface area contributed by atoms with Crippen LogP contribution in [0.2, 0.25) is 0 Å². The SMILES string of the molecule is CCCC(C)(CNC(C)O)Nc1nc(N)nc2cccnc12. The van der Waals surface area contributed by atoms with E-state index in [0.717, 1.165) is 12.8 Å². The van der Waals surface area contributed by atoms with Gasteiger partial charge in [0.1, 0.15) is 11.7 Å². The number of nitrogens with one attached hydrogen (secondary N) is 2. The number of rotatable bonds is 7. The summed E-state index contributed by atoms with van der Waals surface area (Å²) in [5.74, 6) is 0.830. The molecule has 0 aliphatic heterocycles. The maximum absolute atomic E-state index is 9.47. The van der Waals surface area contributed by atoms with Gasteiger partial charge in [-0.3, -0.25) is 10.3 Å². The Morgan fingerprint density at radius 2 is 2.18 bits per heavy atom. The van der Waals surface area contributed by atoms with Crippen molar-refractivity contribution in [3.63, 3.8) is 0 Å². The summed E-state index contributed by atoms with van der Waals surface area (Å²) in [6.45, 7) is 6.49. The van der Waals surface area contributed by atoms with Gasteiger partial charge in [0, 0.05) is 18.3 Å². The normalized spacial score (nSPS) is 15.5. The maximum atomic E-state index is 9.47. The highest BCUT2D eigenvalue weighted by Crippen LogP contribution is 2.24. The molecule has 5 N–H and O–H groups in total. The third-order valence-corrected chi connectivity index (χ3v) is 3.48. The van der Waals surface area contributed by atoms with Crippen LogP contribution >= 0.6 is 0 Å². The summed E-state index contributed by atoms with van der Waals surface area (Å²) < 4.78 is 0. The molecule has 0 radical (unpaired) electrons. The van der Waals surface area contributed by atoms with E-state index in [9.17, 15) is 5.11 Å². The largest absolute Gasteiger partial charge is 0.379 e. The molecule has 120 valence electrons. The van der Waals surface area contributed by atoms with E-state index in [1.54, 1.807) is 13.1 Å². The summed E-state index contributed by atoms with van der Waals surface area (Å²) in [5, 5.41) is 15.9. The summed E-state index contributed by atoms with van der Waals surface area (Å²) in [6.07, 6.45) is 3.04. The van der Waals surface area contributed by atoms with Gasteiger partial charge in [-0.15, -0.1) is 0 Å². The van der Waals surface area contributed by atoms with Gasteiger partial charge in [0.15, 0.2) is 5.82 Å². The maximum Gasteiger partial charge on any atom is 0.222 e. The van der Waals surface area contributed by atoms with Gasteiger partial charge in [-0.1, -0.05) is 13.3 Å². The number of nitrogen functional groups attached to an aromatic ring is 1. The average molecular weight is 304 g/mol. The lowest BCUT2D eigenvalue weighted by Crippen LogP contribution is -2.47. The topological polar surface area (TPSA) is 109 Å². The van der Waals surface area contributed by atoms with Crippen molar-refractivity contribution in [2.45, 2.75) is 45.4 Å². The highest BCUT2D eigenvalue weighted by Gasteiger charge is 2.25. The number of pyridine rings is 1. The highest BCUT2D eigenvalue weighted by molar-refractivity contribution is 5.86. The Balaban J connectivity index is 2.33. The van der Waals surface area contributed by atoms with Crippen molar-refractivity contribution in [1.29, 1.82) is 0 Å². The highest BCUT2D eigenvalue weighted by atomic mass is 16.3. The van der Waals surface area contributed by atoms with E-state index in [4.69, 9.17) is 5.73 Å². The van der Waals surface area contributed by atoms with Crippen LogP contribution in [0.3, 0.4) is 0 Å². The van der Waals surface area contributed by atoms with E-state index in [0.29, 0.717) is 23.4 Å². The average Bonchev–Trinajstić information content (AvgIpc) is 2.45. The number of aliphatic hydroxyl groups is 1. The predicted octanol–water partition coefficient (Wildman–Crippen LogP) is 1.51. The zero-order valence-corrected chi connectivity index (χ0v) is 13.3. The molecule has 2 aromatic rings. The van der Waals surface area contributed by atoms with Crippen LogP contribution < -0.4 is 16.4 Å². The van der Waals surface area contributed by atoms with E-state index in [2.05, 4.69) is 39.4 Å². The molecule has 2 unspecified atom stereocenters. The number of fused-ring (bicyclic) bond motifs is 1. The van der Waals surface area contributed by atoms with Gasteiger partial charge in [0.25, 0.3) is 0 Å². The minimum Gasteiger partial charge on any atom is -0.379 e. The standard InChI is InChI=1S/C15H24N6O/c1-4-7-15(3,9-18-10(2)22)21-13-12-11(6-5-8-17-12)19-14(16)20-13/h5-6,8,10,18,22H,4,7,9H2,1-3H3,(H3,16,19,20,21). The smallest absolute Gasteiger partial charge is 0.222 e. The fraction of sp³-hybridized carbons (Fsp3) is 0.533. The number of hydrogen-bond donors (Lipinski definition) is 4. The summed E-state index contributed by atoms with van der Waals surface area (Å²) in [7, 11) is 0. The molecule has 2 atom stereocenters. The molecule has 0 spiro atoms. The Kier molecular flexibility index (Phi) is 5.10. The number of nitrogens with zero attached hydrogens (tertiary/aromatic N) is 3. The van der Waals surface area contributed by atoms with Gasteiger partial charge in [0.2, 0.25) is 5.95 Å². The van der Waals surface area contributed by atoms with Crippen molar-refractivity contribution in [2.24, 2.45) is 0 Å². The first-order chi connectivity index (χ1) is 10.4. The fourth-order valence-corrected chi connectivity index (χ4v) is 2.48. The summed E-state index contributed by atoms with van der Waals surface area (Å²) in [5.41, 5.74) is 6.91. The lowest BCUT2D eigenvalue weighted by molar-refractivity contribution is 0.148. The quantitative estimate of drug-likeness (QED) is 0.574. The van der Waals surface area contributed by atoms with Crippen molar-refractivity contribution < 1.29 is 5.11 Å². The van der Waals surface area contributed by atoms with Crippen LogP contribution in [-0.2, 0) is 0 Å². The second-order valence-corrected chi connectivity index (χ2v) is 5.79. The molecule has 0 aliphatic carbocycles. The Morgan fingerprint density at radius 1 is 1.41 bits per heavy atom. The first-order valence-electron chi connectivity index (χ1n) is 7.51. The van der Waals surface area contributed by atoms with Gasteiger partial charge >= 0.3 is 0 Å². The van der Waals surface area contributed by atoms with Gasteiger partial charge in [-0.05, 0) is 32.4 Å². The van der Waals surface area contributed by atoms with Crippen LogP contribution in [0, 0.1) is 0 Å². The molecule has 0 aliphatic rings. The molecule has 0 aromatic carbocycles.